The number of nitrogens with zero attached hydrogens (tertiary/aromatic N) is 1. The van der Waals surface area contributed by atoms with Crippen molar-refractivity contribution in [3.05, 3.63) is 89.3 Å². The third-order valence-corrected chi connectivity index (χ3v) is 5.28. The molecule has 2 aromatic heterocycles. The highest BCUT2D eigenvalue weighted by Crippen LogP contribution is 2.34. The minimum Gasteiger partial charge on any atom is -0.493 e. The Kier molecular flexibility index (Phi) is 6.10. The van der Waals surface area contributed by atoms with E-state index in [1.807, 2.05) is 48.5 Å². The largest absolute Gasteiger partial charge is 0.493 e. The zero-order valence-electron chi connectivity index (χ0n) is 16.3. The average Bonchev–Trinajstić information content (AvgIpc) is 3.49. The van der Waals surface area contributed by atoms with Gasteiger partial charge in [-0.2, -0.15) is 0 Å². The average molecular weight is 420 g/mol. The van der Waals surface area contributed by atoms with Crippen LogP contribution in [0.25, 0.3) is 10.6 Å². The number of methoxy groups -OCH3 is 1. The molecule has 2 aromatic carbocycles. The summed E-state index contributed by atoms with van der Waals surface area (Å²) in [5.74, 6) is 1.71. The minimum atomic E-state index is -0.247. The van der Waals surface area contributed by atoms with Crippen molar-refractivity contribution in [3.63, 3.8) is 0 Å². The highest BCUT2D eigenvalue weighted by molar-refractivity contribution is 7.13. The molecule has 30 heavy (non-hydrogen) atoms. The van der Waals surface area contributed by atoms with Crippen LogP contribution in [-0.4, -0.2) is 18.0 Å². The first-order valence-electron chi connectivity index (χ1n) is 9.34. The maximum atomic E-state index is 12.3. The number of carbonyl (C=O) groups excluding carboxylic acids is 1. The van der Waals surface area contributed by atoms with Gasteiger partial charge in [0.15, 0.2) is 11.5 Å². The van der Waals surface area contributed by atoms with Crippen molar-refractivity contribution in [3.8, 4) is 22.1 Å². The second-order valence-corrected chi connectivity index (χ2v) is 7.30. The molecule has 0 saturated heterocycles. The predicted molar refractivity (Wildman–Crippen MR) is 115 cm³/mol. The van der Waals surface area contributed by atoms with Crippen molar-refractivity contribution in [1.82, 2.24) is 10.3 Å². The maximum absolute atomic E-state index is 12.3. The fourth-order valence-electron chi connectivity index (χ4n) is 2.84. The standard InChI is InChI=1S/C23H20N2O4S/c1-27-21-12-17(9-10-20(21)29-14-16-6-3-2-4-7-16)23-25-19(15-30-23)22(26)24-13-18-8-5-11-28-18/h2-12,15H,13-14H2,1H3,(H,24,26). The lowest BCUT2D eigenvalue weighted by Gasteiger charge is -2.11. The minimum absolute atomic E-state index is 0.247. The zero-order valence-corrected chi connectivity index (χ0v) is 17.1. The molecule has 0 fully saturated rings. The first-order valence-corrected chi connectivity index (χ1v) is 10.2. The number of hydrogen-bond acceptors (Lipinski definition) is 6. The summed E-state index contributed by atoms with van der Waals surface area (Å²) >= 11 is 1.40. The van der Waals surface area contributed by atoms with E-state index in [1.54, 1.807) is 30.9 Å². The third-order valence-electron chi connectivity index (χ3n) is 4.39. The van der Waals surface area contributed by atoms with E-state index >= 15 is 0 Å². The Morgan fingerprint density at radius 1 is 1.10 bits per heavy atom. The van der Waals surface area contributed by atoms with Crippen LogP contribution in [-0.2, 0) is 13.2 Å². The van der Waals surface area contributed by atoms with Crippen molar-refractivity contribution in [1.29, 1.82) is 0 Å². The fraction of sp³-hybridized carbons (Fsp3) is 0.130. The molecule has 2 heterocycles. The summed E-state index contributed by atoms with van der Waals surface area (Å²) in [4.78, 5) is 16.8. The number of carbonyl (C=O) groups is 1. The number of amides is 1. The molecule has 0 spiro atoms. The molecule has 7 heteroatoms. The molecule has 0 aliphatic rings. The molecule has 4 rings (SSSR count). The first-order chi connectivity index (χ1) is 14.7. The highest BCUT2D eigenvalue weighted by atomic mass is 32.1. The lowest BCUT2D eigenvalue weighted by Crippen LogP contribution is -2.22. The van der Waals surface area contributed by atoms with Gasteiger partial charge in [-0.25, -0.2) is 4.98 Å². The predicted octanol–water partition coefficient (Wildman–Crippen LogP) is 4.92. The quantitative estimate of drug-likeness (QED) is 0.438. The number of rotatable bonds is 8. The van der Waals surface area contributed by atoms with Gasteiger partial charge in [0.2, 0.25) is 0 Å². The molecular weight excluding hydrogens is 400 g/mol. The number of hydrogen-bond donors (Lipinski definition) is 1. The van der Waals surface area contributed by atoms with E-state index in [-0.39, 0.29) is 5.91 Å². The summed E-state index contributed by atoms with van der Waals surface area (Å²) < 4.78 is 16.6. The first kappa shape index (κ1) is 19.7. The molecule has 152 valence electrons. The van der Waals surface area contributed by atoms with Gasteiger partial charge in [0, 0.05) is 10.9 Å². The summed E-state index contributed by atoms with van der Waals surface area (Å²) in [5, 5.41) is 5.26. The van der Waals surface area contributed by atoms with Crippen LogP contribution in [0, 0.1) is 0 Å². The second-order valence-electron chi connectivity index (χ2n) is 6.44. The van der Waals surface area contributed by atoms with Crippen LogP contribution in [0.3, 0.4) is 0 Å². The third kappa shape index (κ3) is 4.69. The molecule has 0 aliphatic heterocycles. The maximum Gasteiger partial charge on any atom is 0.271 e. The molecule has 1 amide bonds. The number of benzene rings is 2. The number of furan rings is 1. The van der Waals surface area contributed by atoms with E-state index < -0.39 is 0 Å². The Morgan fingerprint density at radius 3 is 2.73 bits per heavy atom. The van der Waals surface area contributed by atoms with Gasteiger partial charge in [0.25, 0.3) is 5.91 Å². The summed E-state index contributed by atoms with van der Waals surface area (Å²) in [7, 11) is 1.60. The van der Waals surface area contributed by atoms with Crippen molar-refractivity contribution < 1.29 is 18.7 Å². The van der Waals surface area contributed by atoms with Gasteiger partial charge in [-0.05, 0) is 35.9 Å². The molecular formula is C23H20N2O4S. The molecule has 4 aromatic rings. The van der Waals surface area contributed by atoms with Gasteiger partial charge >= 0.3 is 0 Å². The van der Waals surface area contributed by atoms with Crippen molar-refractivity contribution in [2.75, 3.05) is 7.11 Å². The van der Waals surface area contributed by atoms with Gasteiger partial charge in [-0.3, -0.25) is 4.79 Å². The normalized spacial score (nSPS) is 10.6. The van der Waals surface area contributed by atoms with Crippen LogP contribution in [0.2, 0.25) is 0 Å². The number of nitrogens with one attached hydrogen (secondary N) is 1. The fourth-order valence-corrected chi connectivity index (χ4v) is 3.63. The number of thiazole rings is 1. The van der Waals surface area contributed by atoms with E-state index in [4.69, 9.17) is 13.9 Å². The summed E-state index contributed by atoms with van der Waals surface area (Å²) in [6.07, 6.45) is 1.57. The Bertz CT molecular complexity index is 1110. The van der Waals surface area contributed by atoms with Crippen LogP contribution in [0.4, 0.5) is 0 Å². The number of ether oxygens (including phenoxy) is 2. The Balaban J connectivity index is 1.44. The molecule has 1 N–H and O–H groups in total. The molecule has 0 bridgehead atoms. The van der Waals surface area contributed by atoms with Crippen LogP contribution < -0.4 is 14.8 Å². The second kappa shape index (κ2) is 9.28. The van der Waals surface area contributed by atoms with Crippen LogP contribution >= 0.6 is 11.3 Å². The topological polar surface area (TPSA) is 73.6 Å². The van der Waals surface area contributed by atoms with Crippen LogP contribution in [0.15, 0.2) is 76.7 Å². The van der Waals surface area contributed by atoms with Gasteiger partial charge in [0.05, 0.1) is 19.9 Å². The van der Waals surface area contributed by atoms with Crippen LogP contribution in [0.5, 0.6) is 11.5 Å². The monoisotopic (exact) mass is 420 g/mol. The van der Waals surface area contributed by atoms with Gasteiger partial charge < -0.3 is 19.2 Å². The van der Waals surface area contributed by atoms with Crippen molar-refractivity contribution in [2.24, 2.45) is 0 Å². The van der Waals surface area contributed by atoms with E-state index in [0.29, 0.717) is 36.1 Å². The summed E-state index contributed by atoms with van der Waals surface area (Å²) in [5.41, 5.74) is 2.30. The molecule has 0 atom stereocenters. The Morgan fingerprint density at radius 2 is 1.97 bits per heavy atom. The van der Waals surface area contributed by atoms with Gasteiger partial charge in [0.1, 0.15) is 23.1 Å². The van der Waals surface area contributed by atoms with E-state index in [0.717, 1.165) is 16.1 Å². The Labute approximate surface area is 178 Å². The van der Waals surface area contributed by atoms with E-state index in [9.17, 15) is 4.79 Å². The van der Waals surface area contributed by atoms with E-state index in [1.165, 1.54) is 11.3 Å². The highest BCUT2D eigenvalue weighted by Gasteiger charge is 2.14. The smallest absolute Gasteiger partial charge is 0.271 e. The van der Waals surface area contributed by atoms with Gasteiger partial charge in [-0.1, -0.05) is 30.3 Å². The van der Waals surface area contributed by atoms with Crippen LogP contribution in [0.1, 0.15) is 21.8 Å². The molecule has 6 nitrogen and oxygen atoms in total. The van der Waals surface area contributed by atoms with Gasteiger partial charge in [-0.15, -0.1) is 11.3 Å². The van der Waals surface area contributed by atoms with Crippen molar-refractivity contribution in [2.45, 2.75) is 13.2 Å². The molecule has 0 aliphatic carbocycles. The zero-order chi connectivity index (χ0) is 20.8. The lowest BCUT2D eigenvalue weighted by molar-refractivity contribution is 0.0944. The Hall–Kier alpha value is -3.58. The SMILES string of the molecule is COc1cc(-c2nc(C(=O)NCc3ccco3)cs2)ccc1OCc1ccccc1. The van der Waals surface area contributed by atoms with E-state index in [2.05, 4.69) is 10.3 Å². The number of aromatic nitrogens is 1. The molecule has 0 saturated carbocycles. The molecule has 0 radical (unpaired) electrons. The summed E-state index contributed by atoms with van der Waals surface area (Å²) in [6.45, 7) is 0.772. The molecule has 0 unspecified atom stereocenters. The van der Waals surface area contributed by atoms with Crippen molar-refractivity contribution >= 4 is 17.2 Å². The lowest BCUT2D eigenvalue weighted by atomic mass is 10.2. The summed E-state index contributed by atoms with van der Waals surface area (Å²) in [6, 6.07) is 19.2.